The van der Waals surface area contributed by atoms with Gasteiger partial charge in [0.15, 0.2) is 16.1 Å². The second-order valence-corrected chi connectivity index (χ2v) is 11.1. The van der Waals surface area contributed by atoms with Crippen molar-refractivity contribution in [3.63, 3.8) is 0 Å². The van der Waals surface area contributed by atoms with Gasteiger partial charge in [-0.3, -0.25) is 9.36 Å². The number of nitrogens with zero attached hydrogens (tertiary/aromatic N) is 4. The van der Waals surface area contributed by atoms with Crippen molar-refractivity contribution < 1.29 is 4.79 Å². The average Bonchev–Trinajstić information content (AvgIpc) is 3.53. The fourth-order valence-electron chi connectivity index (χ4n) is 3.64. The Bertz CT molecular complexity index is 1530. The molecule has 1 N–H and O–H groups in total. The highest BCUT2D eigenvalue weighted by atomic mass is 35.5. The summed E-state index contributed by atoms with van der Waals surface area (Å²) in [5.74, 6) is 0.672. The third kappa shape index (κ3) is 6.22. The van der Waals surface area contributed by atoms with E-state index in [1.54, 1.807) is 6.20 Å². The van der Waals surface area contributed by atoms with Gasteiger partial charge in [0.2, 0.25) is 5.91 Å². The van der Waals surface area contributed by atoms with E-state index in [4.69, 9.17) is 23.2 Å². The van der Waals surface area contributed by atoms with E-state index in [2.05, 4.69) is 26.6 Å². The number of hydrogen-bond donors (Lipinski definition) is 1. The van der Waals surface area contributed by atoms with E-state index in [0.717, 1.165) is 32.3 Å². The standard InChI is InChI=1S/C27H21Cl2N5OS2/c1-17-7-8-18(14-23(17)29)13-22-15-30-26(37-22)31-24(35)16-36-27-33-32-25(19-5-3-2-4-6-19)34(27)21-11-9-20(28)10-12-21/h2-12,14-15H,13,16H2,1H3,(H,30,31,35). The molecule has 0 aliphatic heterocycles. The smallest absolute Gasteiger partial charge is 0.236 e. The fraction of sp³-hybridized carbons (Fsp3) is 0.111. The quantitative estimate of drug-likeness (QED) is 0.199. The van der Waals surface area contributed by atoms with Gasteiger partial charge in [0.05, 0.1) is 5.75 Å². The Kier molecular flexibility index (Phi) is 7.90. The van der Waals surface area contributed by atoms with Crippen molar-refractivity contribution in [1.82, 2.24) is 19.7 Å². The SMILES string of the molecule is Cc1ccc(Cc2cnc(NC(=O)CSc3nnc(-c4ccccc4)n3-c3ccc(Cl)cc3)s2)cc1Cl. The van der Waals surface area contributed by atoms with E-state index in [9.17, 15) is 4.79 Å². The molecule has 2 heterocycles. The summed E-state index contributed by atoms with van der Waals surface area (Å²) >= 11 is 15.1. The van der Waals surface area contributed by atoms with Gasteiger partial charge in [-0.05, 0) is 48.4 Å². The van der Waals surface area contributed by atoms with Crippen molar-refractivity contribution in [2.45, 2.75) is 18.5 Å². The Morgan fingerprint density at radius 2 is 1.81 bits per heavy atom. The van der Waals surface area contributed by atoms with Gasteiger partial charge in [-0.2, -0.15) is 0 Å². The van der Waals surface area contributed by atoms with Gasteiger partial charge < -0.3 is 5.32 Å². The van der Waals surface area contributed by atoms with Gasteiger partial charge >= 0.3 is 0 Å². The molecule has 10 heteroatoms. The number of benzene rings is 3. The maximum atomic E-state index is 12.7. The fourth-order valence-corrected chi connectivity index (χ4v) is 5.58. The molecule has 0 atom stereocenters. The molecule has 0 aliphatic rings. The van der Waals surface area contributed by atoms with Gasteiger partial charge in [0, 0.05) is 38.8 Å². The summed E-state index contributed by atoms with van der Waals surface area (Å²) in [6.45, 7) is 1.98. The summed E-state index contributed by atoms with van der Waals surface area (Å²) in [4.78, 5) is 18.1. The largest absolute Gasteiger partial charge is 0.301 e. The van der Waals surface area contributed by atoms with Crippen molar-refractivity contribution in [3.8, 4) is 17.1 Å². The van der Waals surface area contributed by atoms with Crippen molar-refractivity contribution in [3.05, 3.63) is 105 Å². The number of rotatable bonds is 8. The molecule has 3 aromatic carbocycles. The molecular weight excluding hydrogens is 545 g/mol. The first-order valence-corrected chi connectivity index (χ1v) is 13.9. The minimum Gasteiger partial charge on any atom is -0.301 e. The first kappa shape index (κ1) is 25.5. The van der Waals surface area contributed by atoms with E-state index >= 15 is 0 Å². The predicted molar refractivity (Wildman–Crippen MR) is 152 cm³/mol. The molecular formula is C27H21Cl2N5OS2. The molecule has 186 valence electrons. The molecule has 1 amide bonds. The van der Waals surface area contributed by atoms with Crippen LogP contribution in [0.15, 0.2) is 84.1 Å². The highest BCUT2D eigenvalue weighted by Crippen LogP contribution is 2.29. The maximum absolute atomic E-state index is 12.7. The maximum Gasteiger partial charge on any atom is 0.236 e. The number of anilines is 1. The molecule has 0 bridgehead atoms. The number of carbonyl (C=O) groups excluding carboxylic acids is 1. The number of thiazole rings is 1. The predicted octanol–water partition coefficient (Wildman–Crippen LogP) is 7.33. The van der Waals surface area contributed by atoms with Gasteiger partial charge in [-0.25, -0.2) is 4.98 Å². The summed E-state index contributed by atoms with van der Waals surface area (Å²) < 4.78 is 1.93. The minimum atomic E-state index is -0.170. The monoisotopic (exact) mass is 565 g/mol. The lowest BCUT2D eigenvalue weighted by molar-refractivity contribution is -0.113. The number of nitrogens with one attached hydrogen (secondary N) is 1. The van der Waals surface area contributed by atoms with Crippen LogP contribution in [0.3, 0.4) is 0 Å². The van der Waals surface area contributed by atoms with Gasteiger partial charge in [0.25, 0.3) is 0 Å². The van der Waals surface area contributed by atoms with Gasteiger partial charge in [0.1, 0.15) is 0 Å². The van der Waals surface area contributed by atoms with E-state index in [1.807, 2.05) is 78.2 Å². The lowest BCUT2D eigenvalue weighted by atomic mass is 10.1. The zero-order chi connectivity index (χ0) is 25.8. The number of hydrogen-bond acceptors (Lipinski definition) is 6. The first-order valence-electron chi connectivity index (χ1n) is 11.4. The second-order valence-electron chi connectivity index (χ2n) is 8.21. The molecule has 0 radical (unpaired) electrons. The average molecular weight is 567 g/mol. The Labute approximate surface area is 232 Å². The molecule has 5 aromatic rings. The molecule has 0 fully saturated rings. The Morgan fingerprint density at radius 1 is 1.03 bits per heavy atom. The number of aryl methyl sites for hydroxylation is 1. The highest BCUT2D eigenvalue weighted by molar-refractivity contribution is 7.99. The molecule has 0 unspecified atom stereocenters. The summed E-state index contributed by atoms with van der Waals surface area (Å²) in [5, 5.41) is 14.2. The number of amides is 1. The van der Waals surface area contributed by atoms with Crippen LogP contribution in [0.25, 0.3) is 17.1 Å². The van der Waals surface area contributed by atoms with Crippen LogP contribution in [0.2, 0.25) is 10.0 Å². The first-order chi connectivity index (χ1) is 18.0. The van der Waals surface area contributed by atoms with Gasteiger partial charge in [-0.15, -0.1) is 21.5 Å². The van der Waals surface area contributed by atoms with Crippen LogP contribution < -0.4 is 5.32 Å². The number of thioether (sulfide) groups is 1. The molecule has 2 aromatic heterocycles. The number of carbonyl (C=O) groups is 1. The third-order valence-electron chi connectivity index (χ3n) is 5.50. The van der Waals surface area contributed by atoms with Crippen molar-refractivity contribution in [2.75, 3.05) is 11.1 Å². The normalized spacial score (nSPS) is 11.0. The topological polar surface area (TPSA) is 72.7 Å². The molecule has 0 spiro atoms. The van der Waals surface area contributed by atoms with Crippen molar-refractivity contribution in [1.29, 1.82) is 0 Å². The third-order valence-corrected chi connectivity index (χ3v) is 8.00. The summed E-state index contributed by atoms with van der Waals surface area (Å²) in [6, 6.07) is 23.3. The van der Waals surface area contributed by atoms with E-state index in [0.29, 0.717) is 27.6 Å². The van der Waals surface area contributed by atoms with E-state index < -0.39 is 0 Å². The van der Waals surface area contributed by atoms with Gasteiger partial charge in [-0.1, -0.05) is 77.4 Å². The van der Waals surface area contributed by atoms with Crippen LogP contribution in [0.5, 0.6) is 0 Å². The van der Waals surface area contributed by atoms with Crippen molar-refractivity contribution >= 4 is 57.3 Å². The van der Waals surface area contributed by atoms with E-state index in [-0.39, 0.29) is 11.7 Å². The molecule has 5 rings (SSSR count). The lowest BCUT2D eigenvalue weighted by Crippen LogP contribution is -2.14. The minimum absolute atomic E-state index is 0.156. The molecule has 0 saturated heterocycles. The molecule has 6 nitrogen and oxygen atoms in total. The number of halogens is 2. The van der Waals surface area contributed by atoms with E-state index in [1.165, 1.54) is 23.1 Å². The second kappa shape index (κ2) is 11.5. The zero-order valence-corrected chi connectivity index (χ0v) is 22.8. The zero-order valence-electron chi connectivity index (χ0n) is 19.7. The molecule has 0 saturated carbocycles. The van der Waals surface area contributed by atoms with Crippen LogP contribution in [-0.2, 0) is 11.2 Å². The number of aromatic nitrogens is 4. The summed E-state index contributed by atoms with van der Waals surface area (Å²) in [6.07, 6.45) is 2.49. The highest BCUT2D eigenvalue weighted by Gasteiger charge is 2.18. The molecule has 0 aliphatic carbocycles. The van der Waals surface area contributed by atoms with Crippen LogP contribution in [0, 0.1) is 6.92 Å². The molecule has 37 heavy (non-hydrogen) atoms. The van der Waals surface area contributed by atoms with Crippen LogP contribution in [-0.4, -0.2) is 31.4 Å². The lowest BCUT2D eigenvalue weighted by Gasteiger charge is -2.10. The Morgan fingerprint density at radius 3 is 2.57 bits per heavy atom. The Hall–Kier alpha value is -3.17. The van der Waals surface area contributed by atoms with Crippen LogP contribution in [0.1, 0.15) is 16.0 Å². The summed E-state index contributed by atoms with van der Waals surface area (Å²) in [5.41, 5.74) is 3.93. The van der Waals surface area contributed by atoms with Crippen molar-refractivity contribution in [2.24, 2.45) is 0 Å². The Balaban J connectivity index is 1.28. The van der Waals surface area contributed by atoms with Crippen LogP contribution in [0.4, 0.5) is 5.13 Å². The van der Waals surface area contributed by atoms with Crippen LogP contribution >= 0.6 is 46.3 Å². The summed E-state index contributed by atoms with van der Waals surface area (Å²) in [7, 11) is 0.